The zero-order chi connectivity index (χ0) is 19.5. The highest BCUT2D eigenvalue weighted by molar-refractivity contribution is 5.89. The lowest BCUT2D eigenvalue weighted by atomic mass is 10.0. The van der Waals surface area contributed by atoms with E-state index in [-0.39, 0.29) is 0 Å². The van der Waals surface area contributed by atoms with E-state index in [2.05, 4.69) is 48.1 Å². The van der Waals surface area contributed by atoms with Crippen LogP contribution in [0.3, 0.4) is 0 Å². The highest BCUT2D eigenvalue weighted by Gasteiger charge is 2.25. The maximum absolute atomic E-state index is 4.85. The first kappa shape index (κ1) is 18.9. The molecule has 0 amide bonds. The molecule has 1 unspecified atom stereocenters. The molecule has 3 heterocycles. The number of hydrogen-bond acceptors (Lipinski definition) is 5. The monoisotopic (exact) mass is 378 g/mol. The number of nitrogens with zero attached hydrogens (tertiary/aromatic N) is 5. The van der Waals surface area contributed by atoms with Gasteiger partial charge in [-0.05, 0) is 37.2 Å². The van der Waals surface area contributed by atoms with Gasteiger partial charge in [0.05, 0.1) is 5.52 Å². The molecule has 0 bridgehead atoms. The molecule has 1 aliphatic heterocycles. The first-order valence-corrected chi connectivity index (χ1v) is 10.2. The lowest BCUT2D eigenvalue weighted by molar-refractivity contribution is 0.0944. The van der Waals surface area contributed by atoms with Crippen LogP contribution >= 0.6 is 0 Å². The van der Waals surface area contributed by atoms with Crippen LogP contribution in [0.4, 0.5) is 5.82 Å². The van der Waals surface area contributed by atoms with Gasteiger partial charge in [0.2, 0.25) is 5.95 Å². The SMILES string of the molecule is CC(C)C(CNc1nc(-n2cccc2)nc2ccccc12)N1CCN(C)CC1. The van der Waals surface area contributed by atoms with E-state index in [1.165, 1.54) is 0 Å². The van der Waals surface area contributed by atoms with E-state index in [1.54, 1.807) is 0 Å². The number of anilines is 1. The molecule has 3 aromatic rings. The number of likely N-dealkylation sites (N-methyl/N-ethyl adjacent to an activating group) is 1. The summed E-state index contributed by atoms with van der Waals surface area (Å²) in [5.41, 5.74) is 0.962. The van der Waals surface area contributed by atoms with Crippen LogP contribution in [0, 0.1) is 5.92 Å². The Morgan fingerprint density at radius 1 is 0.964 bits per heavy atom. The van der Waals surface area contributed by atoms with E-state index in [0.717, 1.165) is 49.4 Å². The predicted molar refractivity (Wildman–Crippen MR) is 115 cm³/mol. The van der Waals surface area contributed by atoms with Gasteiger partial charge in [0.15, 0.2) is 0 Å². The Balaban J connectivity index is 1.59. The fourth-order valence-corrected chi connectivity index (χ4v) is 3.92. The van der Waals surface area contributed by atoms with Crippen molar-refractivity contribution in [2.75, 3.05) is 45.1 Å². The van der Waals surface area contributed by atoms with E-state index < -0.39 is 0 Å². The quantitative estimate of drug-likeness (QED) is 0.714. The van der Waals surface area contributed by atoms with Gasteiger partial charge in [0.25, 0.3) is 0 Å². The molecule has 0 aliphatic carbocycles. The Labute approximate surface area is 167 Å². The third-order valence-corrected chi connectivity index (χ3v) is 5.68. The van der Waals surface area contributed by atoms with Crippen molar-refractivity contribution in [3.63, 3.8) is 0 Å². The summed E-state index contributed by atoms with van der Waals surface area (Å²) in [6.07, 6.45) is 3.96. The zero-order valence-electron chi connectivity index (χ0n) is 17.0. The minimum absolute atomic E-state index is 0.484. The average molecular weight is 379 g/mol. The number of piperazine rings is 1. The molecule has 1 aromatic carbocycles. The number of benzene rings is 1. The smallest absolute Gasteiger partial charge is 0.236 e. The van der Waals surface area contributed by atoms with Crippen molar-refractivity contribution in [2.24, 2.45) is 5.92 Å². The normalized spacial score (nSPS) is 17.3. The zero-order valence-corrected chi connectivity index (χ0v) is 17.0. The maximum atomic E-state index is 4.85. The number of para-hydroxylation sites is 1. The summed E-state index contributed by atoms with van der Waals surface area (Å²) in [7, 11) is 2.20. The summed E-state index contributed by atoms with van der Waals surface area (Å²) >= 11 is 0. The summed E-state index contributed by atoms with van der Waals surface area (Å²) in [5.74, 6) is 2.19. The third-order valence-electron chi connectivity index (χ3n) is 5.68. The number of hydrogen-bond donors (Lipinski definition) is 1. The van der Waals surface area contributed by atoms with Crippen LogP contribution in [0.5, 0.6) is 0 Å². The van der Waals surface area contributed by atoms with E-state index in [9.17, 15) is 0 Å². The number of rotatable bonds is 6. The average Bonchev–Trinajstić information content (AvgIpc) is 3.24. The Bertz CT molecular complexity index is 897. The van der Waals surface area contributed by atoms with Gasteiger partial charge in [-0.2, -0.15) is 4.98 Å². The molecule has 0 spiro atoms. The van der Waals surface area contributed by atoms with Crippen molar-refractivity contribution < 1.29 is 0 Å². The summed E-state index contributed by atoms with van der Waals surface area (Å²) < 4.78 is 1.96. The van der Waals surface area contributed by atoms with Gasteiger partial charge in [-0.25, -0.2) is 4.98 Å². The molecule has 0 saturated carbocycles. The fourth-order valence-electron chi connectivity index (χ4n) is 3.92. The molecule has 1 fully saturated rings. The van der Waals surface area contributed by atoms with Gasteiger partial charge < -0.3 is 10.2 Å². The predicted octanol–water partition coefficient (Wildman–Crippen LogP) is 3.10. The topological polar surface area (TPSA) is 49.2 Å². The number of aromatic nitrogens is 3. The van der Waals surface area contributed by atoms with Gasteiger partial charge in [0, 0.05) is 56.5 Å². The Morgan fingerprint density at radius 2 is 1.68 bits per heavy atom. The molecule has 6 nitrogen and oxygen atoms in total. The highest BCUT2D eigenvalue weighted by Crippen LogP contribution is 2.23. The van der Waals surface area contributed by atoms with Crippen LogP contribution in [0.2, 0.25) is 0 Å². The minimum atomic E-state index is 0.484. The summed E-state index contributed by atoms with van der Waals surface area (Å²) in [4.78, 5) is 14.6. The molecule has 1 saturated heterocycles. The van der Waals surface area contributed by atoms with Crippen molar-refractivity contribution in [3.05, 3.63) is 48.8 Å². The molecule has 1 atom stereocenters. The second-order valence-corrected chi connectivity index (χ2v) is 8.01. The largest absolute Gasteiger partial charge is 0.368 e. The Morgan fingerprint density at radius 3 is 2.39 bits per heavy atom. The van der Waals surface area contributed by atoms with Gasteiger partial charge >= 0.3 is 0 Å². The number of fused-ring (bicyclic) bond motifs is 1. The van der Waals surface area contributed by atoms with Gasteiger partial charge in [-0.3, -0.25) is 9.47 Å². The molecule has 4 rings (SSSR count). The van der Waals surface area contributed by atoms with Crippen LogP contribution in [-0.2, 0) is 0 Å². The first-order chi connectivity index (χ1) is 13.6. The molecule has 148 valence electrons. The van der Waals surface area contributed by atoms with Gasteiger partial charge in [0.1, 0.15) is 5.82 Å². The fraction of sp³-hybridized carbons (Fsp3) is 0.455. The lowest BCUT2D eigenvalue weighted by Gasteiger charge is -2.40. The van der Waals surface area contributed by atoms with Crippen LogP contribution in [-0.4, -0.2) is 70.1 Å². The Hall–Kier alpha value is -2.44. The Kier molecular flexibility index (Phi) is 5.59. The molecule has 1 aliphatic rings. The second-order valence-electron chi connectivity index (χ2n) is 8.01. The van der Waals surface area contributed by atoms with Crippen molar-refractivity contribution in [2.45, 2.75) is 19.9 Å². The summed E-state index contributed by atoms with van der Waals surface area (Å²) in [6, 6.07) is 12.7. The molecule has 1 N–H and O–H groups in total. The van der Waals surface area contributed by atoms with Crippen LogP contribution in [0.25, 0.3) is 16.9 Å². The van der Waals surface area contributed by atoms with Crippen molar-refractivity contribution >= 4 is 16.7 Å². The van der Waals surface area contributed by atoms with Crippen molar-refractivity contribution in [3.8, 4) is 5.95 Å². The van der Waals surface area contributed by atoms with E-state index in [0.29, 0.717) is 17.9 Å². The van der Waals surface area contributed by atoms with E-state index in [4.69, 9.17) is 9.97 Å². The molecule has 0 radical (unpaired) electrons. The molecular weight excluding hydrogens is 348 g/mol. The number of nitrogens with one attached hydrogen (secondary N) is 1. The van der Waals surface area contributed by atoms with E-state index >= 15 is 0 Å². The molecule has 6 heteroatoms. The first-order valence-electron chi connectivity index (χ1n) is 10.2. The van der Waals surface area contributed by atoms with Gasteiger partial charge in [-0.1, -0.05) is 26.0 Å². The summed E-state index contributed by atoms with van der Waals surface area (Å²) in [6.45, 7) is 10.0. The van der Waals surface area contributed by atoms with Gasteiger partial charge in [-0.15, -0.1) is 0 Å². The van der Waals surface area contributed by atoms with Crippen LogP contribution < -0.4 is 5.32 Å². The molecule has 28 heavy (non-hydrogen) atoms. The van der Waals surface area contributed by atoms with Crippen LogP contribution in [0.15, 0.2) is 48.8 Å². The van der Waals surface area contributed by atoms with Crippen molar-refractivity contribution in [1.82, 2.24) is 24.3 Å². The lowest BCUT2D eigenvalue weighted by Crippen LogP contribution is -2.52. The van der Waals surface area contributed by atoms with Crippen molar-refractivity contribution in [1.29, 1.82) is 0 Å². The maximum Gasteiger partial charge on any atom is 0.236 e. The van der Waals surface area contributed by atoms with E-state index in [1.807, 2.05) is 41.2 Å². The minimum Gasteiger partial charge on any atom is -0.368 e. The standard InChI is InChI=1S/C22H30N6/c1-17(2)20(27-14-12-26(3)13-15-27)16-23-21-18-8-4-5-9-19(18)24-22(25-21)28-10-6-7-11-28/h4-11,17,20H,12-16H2,1-3H3,(H,23,24,25). The van der Waals surface area contributed by atoms with Crippen LogP contribution in [0.1, 0.15) is 13.8 Å². The molecular formula is C22H30N6. The highest BCUT2D eigenvalue weighted by atomic mass is 15.3. The third kappa shape index (κ3) is 4.03. The molecule has 2 aromatic heterocycles. The second kappa shape index (κ2) is 8.29. The summed E-state index contributed by atoms with van der Waals surface area (Å²) in [5, 5.41) is 4.73.